The Kier molecular flexibility index (Phi) is 4.83. The van der Waals surface area contributed by atoms with E-state index in [1.54, 1.807) is 11.3 Å². The number of benzene rings is 1. The number of carbonyl (C=O) groups excluding carboxylic acids is 1. The molecule has 5 nitrogen and oxygen atoms in total. The molecule has 0 aliphatic heterocycles. The number of nitrogens with zero attached hydrogens (tertiary/aromatic N) is 2. The molecule has 0 atom stereocenters. The number of carbonyl (C=O) groups is 1. The highest BCUT2D eigenvalue weighted by Gasteiger charge is 2.11. The Morgan fingerprint density at radius 2 is 2.09 bits per heavy atom. The quantitative estimate of drug-likeness (QED) is 0.644. The predicted molar refractivity (Wildman–Crippen MR) is 86.9 cm³/mol. The molecule has 1 aromatic carbocycles. The number of aromatic nitrogens is 2. The molecular weight excluding hydrogens is 312 g/mol. The summed E-state index contributed by atoms with van der Waals surface area (Å²) in [6, 6.07) is 9.82. The Labute approximate surface area is 137 Å². The molecule has 0 amide bonds. The maximum absolute atomic E-state index is 11.8. The zero-order chi connectivity index (χ0) is 16.1. The van der Waals surface area contributed by atoms with Crippen molar-refractivity contribution >= 4 is 17.3 Å². The first-order chi connectivity index (χ1) is 11.2. The van der Waals surface area contributed by atoms with Crippen LogP contribution in [-0.2, 0) is 22.6 Å². The Bertz CT molecular complexity index is 764. The van der Waals surface area contributed by atoms with Crippen molar-refractivity contribution in [1.29, 1.82) is 0 Å². The van der Waals surface area contributed by atoms with Crippen molar-refractivity contribution in [2.24, 2.45) is 0 Å². The van der Waals surface area contributed by atoms with Crippen molar-refractivity contribution in [2.75, 3.05) is 0 Å². The fraction of sp³-hybridized carbons (Fsp3) is 0.235. The molecule has 3 rings (SSSR count). The molecule has 0 N–H and O–H groups in total. The average Bonchev–Trinajstić information content (AvgIpc) is 3.23. The van der Waals surface area contributed by atoms with Crippen molar-refractivity contribution in [2.45, 2.75) is 26.4 Å². The standard InChI is InChI=1S/C17H16N2O3S/c1-12-2-4-13(5-3-12)10-21-16(20)7-6-15-18-17(19-22-15)14-8-9-23-11-14/h2-5,8-9,11H,6-7,10H2,1H3. The van der Waals surface area contributed by atoms with Gasteiger partial charge in [-0.05, 0) is 23.9 Å². The maximum atomic E-state index is 11.8. The van der Waals surface area contributed by atoms with E-state index >= 15 is 0 Å². The fourth-order valence-electron chi connectivity index (χ4n) is 1.99. The normalized spacial score (nSPS) is 10.7. The molecule has 3 aromatic rings. The first-order valence-corrected chi connectivity index (χ1v) is 8.21. The zero-order valence-electron chi connectivity index (χ0n) is 12.7. The van der Waals surface area contributed by atoms with Gasteiger partial charge < -0.3 is 9.26 Å². The highest BCUT2D eigenvalue weighted by Crippen LogP contribution is 2.19. The van der Waals surface area contributed by atoms with Crippen LogP contribution in [0.5, 0.6) is 0 Å². The van der Waals surface area contributed by atoms with Crippen LogP contribution in [0.25, 0.3) is 11.4 Å². The maximum Gasteiger partial charge on any atom is 0.306 e. The van der Waals surface area contributed by atoms with E-state index in [4.69, 9.17) is 9.26 Å². The molecule has 23 heavy (non-hydrogen) atoms. The molecule has 2 heterocycles. The minimum Gasteiger partial charge on any atom is -0.461 e. The van der Waals surface area contributed by atoms with Gasteiger partial charge in [-0.15, -0.1) is 0 Å². The number of thiophene rings is 1. The van der Waals surface area contributed by atoms with E-state index < -0.39 is 0 Å². The number of esters is 1. The highest BCUT2D eigenvalue weighted by molar-refractivity contribution is 7.08. The summed E-state index contributed by atoms with van der Waals surface area (Å²) in [5, 5.41) is 7.81. The lowest BCUT2D eigenvalue weighted by molar-refractivity contribution is -0.145. The van der Waals surface area contributed by atoms with E-state index in [1.807, 2.05) is 48.0 Å². The molecule has 0 saturated heterocycles. The fourth-order valence-corrected chi connectivity index (χ4v) is 2.63. The van der Waals surface area contributed by atoms with Crippen LogP contribution >= 0.6 is 11.3 Å². The van der Waals surface area contributed by atoms with Gasteiger partial charge in [0.15, 0.2) is 0 Å². The number of rotatable bonds is 6. The topological polar surface area (TPSA) is 65.2 Å². The van der Waals surface area contributed by atoms with Crippen molar-refractivity contribution < 1.29 is 14.1 Å². The van der Waals surface area contributed by atoms with Gasteiger partial charge in [-0.1, -0.05) is 35.0 Å². The smallest absolute Gasteiger partial charge is 0.306 e. The van der Waals surface area contributed by atoms with Gasteiger partial charge in [0, 0.05) is 17.4 Å². The van der Waals surface area contributed by atoms with Gasteiger partial charge in [0.05, 0.1) is 6.42 Å². The monoisotopic (exact) mass is 328 g/mol. The van der Waals surface area contributed by atoms with Crippen LogP contribution < -0.4 is 0 Å². The van der Waals surface area contributed by atoms with E-state index in [2.05, 4.69) is 10.1 Å². The second-order valence-electron chi connectivity index (χ2n) is 5.17. The molecule has 0 spiro atoms. The average molecular weight is 328 g/mol. The van der Waals surface area contributed by atoms with Crippen molar-refractivity contribution in [3.63, 3.8) is 0 Å². The predicted octanol–water partition coefficient (Wildman–Crippen LogP) is 3.78. The van der Waals surface area contributed by atoms with Crippen LogP contribution in [-0.4, -0.2) is 16.1 Å². The van der Waals surface area contributed by atoms with Gasteiger partial charge in [0.25, 0.3) is 0 Å². The Morgan fingerprint density at radius 3 is 2.83 bits per heavy atom. The molecule has 0 saturated carbocycles. The van der Waals surface area contributed by atoms with E-state index in [1.165, 1.54) is 5.56 Å². The first kappa shape index (κ1) is 15.4. The molecule has 2 aromatic heterocycles. The molecule has 0 bridgehead atoms. The lowest BCUT2D eigenvalue weighted by Gasteiger charge is -2.04. The summed E-state index contributed by atoms with van der Waals surface area (Å²) >= 11 is 1.57. The summed E-state index contributed by atoms with van der Waals surface area (Å²) in [5.41, 5.74) is 3.08. The Hall–Kier alpha value is -2.47. The minimum absolute atomic E-state index is 0.219. The van der Waals surface area contributed by atoms with E-state index in [0.717, 1.165) is 11.1 Å². The summed E-state index contributed by atoms with van der Waals surface area (Å²) in [4.78, 5) is 16.1. The third-order valence-corrected chi connectivity index (χ3v) is 3.99. The van der Waals surface area contributed by atoms with Gasteiger partial charge in [-0.3, -0.25) is 4.79 Å². The number of aryl methyl sites for hydroxylation is 2. The first-order valence-electron chi connectivity index (χ1n) is 7.27. The Morgan fingerprint density at radius 1 is 1.26 bits per heavy atom. The van der Waals surface area contributed by atoms with Crippen LogP contribution in [0.4, 0.5) is 0 Å². The number of hydrogen-bond donors (Lipinski definition) is 0. The molecule has 0 radical (unpaired) electrons. The number of ether oxygens (including phenoxy) is 1. The van der Waals surface area contributed by atoms with Gasteiger partial charge in [-0.2, -0.15) is 16.3 Å². The molecule has 0 aliphatic rings. The van der Waals surface area contributed by atoms with Crippen molar-refractivity contribution in [3.05, 3.63) is 58.1 Å². The van der Waals surface area contributed by atoms with Crippen LogP contribution in [0.2, 0.25) is 0 Å². The van der Waals surface area contributed by atoms with Crippen molar-refractivity contribution in [3.8, 4) is 11.4 Å². The van der Waals surface area contributed by atoms with Crippen molar-refractivity contribution in [1.82, 2.24) is 10.1 Å². The molecule has 0 fully saturated rings. The van der Waals surface area contributed by atoms with Gasteiger partial charge >= 0.3 is 5.97 Å². The highest BCUT2D eigenvalue weighted by atomic mass is 32.1. The summed E-state index contributed by atoms with van der Waals surface area (Å²) in [6.45, 7) is 2.30. The third-order valence-electron chi connectivity index (χ3n) is 3.31. The van der Waals surface area contributed by atoms with Crippen LogP contribution in [0.15, 0.2) is 45.6 Å². The minimum atomic E-state index is -0.277. The van der Waals surface area contributed by atoms with E-state index in [-0.39, 0.29) is 19.0 Å². The second-order valence-corrected chi connectivity index (χ2v) is 5.95. The van der Waals surface area contributed by atoms with Gasteiger partial charge in [0.1, 0.15) is 6.61 Å². The third kappa shape index (κ3) is 4.26. The second kappa shape index (κ2) is 7.19. The van der Waals surface area contributed by atoms with E-state index in [0.29, 0.717) is 18.1 Å². The molecule has 0 aliphatic carbocycles. The summed E-state index contributed by atoms with van der Waals surface area (Å²) in [7, 11) is 0. The summed E-state index contributed by atoms with van der Waals surface area (Å²) < 4.78 is 10.4. The van der Waals surface area contributed by atoms with Gasteiger partial charge in [-0.25, -0.2) is 0 Å². The Balaban J connectivity index is 1.46. The SMILES string of the molecule is Cc1ccc(COC(=O)CCc2nc(-c3ccsc3)no2)cc1. The van der Waals surface area contributed by atoms with Gasteiger partial charge in [0.2, 0.25) is 11.7 Å². The van der Waals surface area contributed by atoms with Crippen LogP contribution in [0.1, 0.15) is 23.4 Å². The summed E-state index contributed by atoms with van der Waals surface area (Å²) in [5.74, 6) is 0.716. The lowest BCUT2D eigenvalue weighted by Crippen LogP contribution is -2.06. The molecule has 0 unspecified atom stereocenters. The van der Waals surface area contributed by atoms with E-state index in [9.17, 15) is 4.79 Å². The summed E-state index contributed by atoms with van der Waals surface area (Å²) in [6.07, 6.45) is 0.598. The largest absolute Gasteiger partial charge is 0.461 e. The number of hydrogen-bond acceptors (Lipinski definition) is 6. The molecule has 118 valence electrons. The molecule has 6 heteroatoms. The lowest BCUT2D eigenvalue weighted by atomic mass is 10.2. The molecular formula is C17H16N2O3S. The zero-order valence-corrected chi connectivity index (χ0v) is 13.5. The van der Waals surface area contributed by atoms with Crippen LogP contribution in [0, 0.1) is 6.92 Å². The van der Waals surface area contributed by atoms with Crippen LogP contribution in [0.3, 0.4) is 0 Å².